The molecule has 2 saturated heterocycles. The molecule has 0 aliphatic carbocycles. The molecule has 2 aromatic carbocycles. The Labute approximate surface area is 198 Å². The van der Waals surface area contributed by atoms with E-state index in [0.29, 0.717) is 36.6 Å². The maximum absolute atomic E-state index is 13.3. The van der Waals surface area contributed by atoms with Gasteiger partial charge in [-0.3, -0.25) is 24.6 Å². The third-order valence-corrected chi connectivity index (χ3v) is 6.20. The predicted molar refractivity (Wildman–Crippen MR) is 122 cm³/mol. The summed E-state index contributed by atoms with van der Waals surface area (Å²) in [5, 5.41) is 5.28. The van der Waals surface area contributed by atoms with Gasteiger partial charge in [0.05, 0.1) is 13.2 Å². The highest BCUT2D eigenvalue weighted by atomic mass is 16.5. The third-order valence-electron chi connectivity index (χ3n) is 6.20. The zero-order chi connectivity index (χ0) is 26.4. The molecule has 2 N–H and O–H groups in total. The number of carbonyl (C=O) groups is 3. The van der Waals surface area contributed by atoms with Crippen molar-refractivity contribution >= 4 is 23.4 Å². The summed E-state index contributed by atoms with van der Waals surface area (Å²) in [5.74, 6) is -2.96. The molecule has 2 aromatic rings. The van der Waals surface area contributed by atoms with Gasteiger partial charge in [0.2, 0.25) is 11.8 Å². The number of nitrogens with one attached hydrogen (secondary N) is 2. The number of morpholine rings is 1. The summed E-state index contributed by atoms with van der Waals surface area (Å²) in [5.41, 5.74) is 3.86. The van der Waals surface area contributed by atoms with Crippen LogP contribution in [-0.2, 0) is 34.0 Å². The molecule has 5 rings (SSSR count). The molecule has 3 aliphatic heterocycles. The number of rotatable bonds is 6. The van der Waals surface area contributed by atoms with Crippen molar-refractivity contribution in [1.82, 2.24) is 15.1 Å². The van der Waals surface area contributed by atoms with Gasteiger partial charge in [0, 0.05) is 61.4 Å². The monoisotopic (exact) mass is 452 g/mol. The lowest BCUT2D eigenvalue weighted by Gasteiger charge is -2.29. The van der Waals surface area contributed by atoms with Crippen molar-refractivity contribution in [3.05, 3.63) is 64.7 Å². The maximum Gasteiger partial charge on any atom is 0.255 e. The second-order valence-electron chi connectivity index (χ2n) is 8.27. The van der Waals surface area contributed by atoms with Crippen LogP contribution in [0.15, 0.2) is 42.5 Å². The first kappa shape index (κ1) is 17.3. The Morgan fingerprint density at radius 2 is 1.85 bits per heavy atom. The maximum atomic E-state index is 13.3. The molecule has 0 aromatic heterocycles. The topological polar surface area (TPSA) is 91.0 Å². The number of imide groups is 1. The lowest BCUT2D eigenvalue weighted by atomic mass is 10.0. The van der Waals surface area contributed by atoms with Gasteiger partial charge < -0.3 is 15.0 Å². The highest BCUT2D eigenvalue weighted by Gasteiger charge is 2.39. The van der Waals surface area contributed by atoms with E-state index in [1.165, 1.54) is 5.56 Å². The van der Waals surface area contributed by atoms with Gasteiger partial charge in [-0.15, -0.1) is 0 Å². The van der Waals surface area contributed by atoms with E-state index in [2.05, 4.69) is 16.3 Å². The fourth-order valence-electron chi connectivity index (χ4n) is 4.43. The van der Waals surface area contributed by atoms with Crippen LogP contribution in [0, 0.1) is 0 Å². The minimum Gasteiger partial charge on any atom is -0.381 e. The number of fused-ring (bicyclic) bond motifs is 1. The standard InChI is InChI=1S/C25H28N4O4/c30-23-9-8-22(24(31)27-23)29-16-20-19(25(29)32)6-3-7-21(20)26-14-17-4-1-2-5-18(17)15-28-10-12-33-13-11-28/h1-7,22,26H,8-16H2,(H,27,30,31)/i8D2,9D2. The highest BCUT2D eigenvalue weighted by Crippen LogP contribution is 2.32. The van der Waals surface area contributed by atoms with Crippen molar-refractivity contribution in [1.29, 1.82) is 0 Å². The molecule has 1 unspecified atom stereocenters. The lowest BCUT2D eigenvalue weighted by molar-refractivity contribution is -0.136. The van der Waals surface area contributed by atoms with Crippen molar-refractivity contribution in [2.45, 2.75) is 38.4 Å². The number of hydrogen-bond donors (Lipinski definition) is 2. The first-order chi connectivity index (χ1) is 17.6. The largest absolute Gasteiger partial charge is 0.381 e. The van der Waals surface area contributed by atoms with Gasteiger partial charge in [-0.25, -0.2) is 0 Å². The summed E-state index contributed by atoms with van der Waals surface area (Å²) in [6.45, 7) is 4.38. The molecular weight excluding hydrogens is 420 g/mol. The van der Waals surface area contributed by atoms with Crippen LogP contribution in [0.3, 0.4) is 0 Å². The van der Waals surface area contributed by atoms with Crippen molar-refractivity contribution < 1.29 is 24.6 Å². The molecule has 1 atom stereocenters. The molecule has 172 valence electrons. The molecule has 33 heavy (non-hydrogen) atoms. The summed E-state index contributed by atoms with van der Waals surface area (Å²) < 4.78 is 37.8. The van der Waals surface area contributed by atoms with Crippen molar-refractivity contribution in [2.75, 3.05) is 31.6 Å². The first-order valence-electron chi connectivity index (χ1n) is 13.0. The molecule has 3 amide bonds. The van der Waals surface area contributed by atoms with E-state index in [-0.39, 0.29) is 6.54 Å². The summed E-state index contributed by atoms with van der Waals surface area (Å²) in [6.07, 6.45) is -5.89. The Balaban J connectivity index is 1.36. The Hall–Kier alpha value is -3.23. The number of amides is 3. The number of anilines is 1. The van der Waals surface area contributed by atoms with Crippen LogP contribution in [0.25, 0.3) is 0 Å². The van der Waals surface area contributed by atoms with E-state index in [9.17, 15) is 14.4 Å². The summed E-state index contributed by atoms with van der Waals surface area (Å²) in [6, 6.07) is 11.4. The molecule has 0 spiro atoms. The van der Waals surface area contributed by atoms with E-state index in [1.54, 1.807) is 12.1 Å². The van der Waals surface area contributed by atoms with Gasteiger partial charge in [-0.1, -0.05) is 30.3 Å². The molecule has 8 heteroatoms. The normalized spacial score (nSPS) is 26.0. The van der Waals surface area contributed by atoms with Crippen LogP contribution >= 0.6 is 0 Å². The van der Waals surface area contributed by atoms with E-state index in [1.807, 2.05) is 29.6 Å². The van der Waals surface area contributed by atoms with Crippen molar-refractivity contribution in [3.63, 3.8) is 0 Å². The molecule has 8 nitrogen and oxygen atoms in total. The molecule has 3 aliphatic rings. The fourth-order valence-corrected chi connectivity index (χ4v) is 4.43. The Kier molecular flexibility index (Phi) is 4.88. The lowest BCUT2D eigenvalue weighted by Crippen LogP contribution is -2.52. The SMILES string of the molecule is [2H]C1([2H])C(=O)NC(=O)C(N2Cc3c(NCc4ccccc4CN4CCOCC4)cccc3C2=O)C1([2H])[2H]. The van der Waals surface area contributed by atoms with Gasteiger partial charge in [-0.05, 0) is 29.6 Å². The van der Waals surface area contributed by atoms with E-state index in [4.69, 9.17) is 10.2 Å². The average molecular weight is 453 g/mol. The van der Waals surface area contributed by atoms with E-state index < -0.39 is 36.5 Å². The minimum atomic E-state index is -2.98. The van der Waals surface area contributed by atoms with Crippen molar-refractivity contribution in [2.24, 2.45) is 0 Å². The quantitative estimate of drug-likeness (QED) is 0.651. The van der Waals surface area contributed by atoms with Crippen molar-refractivity contribution in [3.8, 4) is 0 Å². The first-order valence-corrected chi connectivity index (χ1v) is 11.0. The number of hydrogen-bond acceptors (Lipinski definition) is 6. The number of ether oxygens (including phenoxy) is 1. The number of nitrogens with zero attached hydrogens (tertiary/aromatic N) is 2. The summed E-state index contributed by atoms with van der Waals surface area (Å²) >= 11 is 0. The van der Waals surface area contributed by atoms with Gasteiger partial charge in [-0.2, -0.15) is 0 Å². The zero-order valence-corrected chi connectivity index (χ0v) is 18.1. The predicted octanol–water partition coefficient (Wildman–Crippen LogP) is 1.89. The van der Waals surface area contributed by atoms with E-state index >= 15 is 0 Å². The zero-order valence-electron chi connectivity index (χ0n) is 22.1. The molecular formula is C25H28N4O4. The smallest absolute Gasteiger partial charge is 0.255 e. The number of benzene rings is 2. The second-order valence-corrected chi connectivity index (χ2v) is 8.27. The molecule has 0 saturated carbocycles. The van der Waals surface area contributed by atoms with Gasteiger partial charge in [0.1, 0.15) is 6.04 Å². The van der Waals surface area contributed by atoms with Crippen LogP contribution in [0.1, 0.15) is 45.3 Å². The number of carbonyl (C=O) groups excluding carboxylic acids is 3. The van der Waals surface area contributed by atoms with Gasteiger partial charge in [0.25, 0.3) is 5.91 Å². The van der Waals surface area contributed by atoms with Crippen LogP contribution in [0.4, 0.5) is 5.69 Å². The molecule has 3 heterocycles. The Morgan fingerprint density at radius 1 is 1.06 bits per heavy atom. The van der Waals surface area contributed by atoms with Crippen LogP contribution in [0.5, 0.6) is 0 Å². The van der Waals surface area contributed by atoms with Gasteiger partial charge in [0.15, 0.2) is 0 Å². The minimum absolute atomic E-state index is 0.0887. The summed E-state index contributed by atoms with van der Waals surface area (Å²) in [4.78, 5) is 41.2. The second kappa shape index (κ2) is 9.33. The Morgan fingerprint density at radius 3 is 2.67 bits per heavy atom. The highest BCUT2D eigenvalue weighted by molar-refractivity contribution is 6.06. The molecule has 0 radical (unpaired) electrons. The Bertz CT molecular complexity index is 1250. The fraction of sp³-hybridized carbons (Fsp3) is 0.400. The third kappa shape index (κ3) is 4.49. The molecule has 2 fully saturated rings. The van der Waals surface area contributed by atoms with Crippen LogP contribution in [-0.4, -0.2) is 59.9 Å². The van der Waals surface area contributed by atoms with Crippen LogP contribution in [0.2, 0.25) is 0 Å². The summed E-state index contributed by atoms with van der Waals surface area (Å²) in [7, 11) is 0. The van der Waals surface area contributed by atoms with Gasteiger partial charge >= 0.3 is 0 Å². The average Bonchev–Trinajstić information content (AvgIpc) is 3.19. The van der Waals surface area contributed by atoms with Crippen LogP contribution < -0.4 is 10.6 Å². The van der Waals surface area contributed by atoms with E-state index in [0.717, 1.165) is 30.1 Å². The number of piperidine rings is 1. The molecule has 0 bridgehead atoms.